The molecule has 0 N–H and O–H groups in total. The highest BCUT2D eigenvalue weighted by atomic mass is 16.1. The Bertz CT molecular complexity index is 440. The molecule has 121 valence electrons. The second kappa shape index (κ2) is 8.47. The summed E-state index contributed by atoms with van der Waals surface area (Å²) in [6.07, 6.45) is 8.51. The van der Waals surface area contributed by atoms with Gasteiger partial charge in [-0.1, -0.05) is 44.2 Å². The van der Waals surface area contributed by atoms with E-state index < -0.39 is 0 Å². The third-order valence-corrected chi connectivity index (χ3v) is 5.12. The van der Waals surface area contributed by atoms with E-state index >= 15 is 0 Å². The first-order valence-electron chi connectivity index (χ1n) is 8.73. The predicted octanol–water partition coefficient (Wildman–Crippen LogP) is 4.25. The van der Waals surface area contributed by atoms with Gasteiger partial charge in [-0.25, -0.2) is 0 Å². The largest absolute Gasteiger partial charge is 0.303 e. The lowest BCUT2D eigenvalue weighted by Gasteiger charge is -2.42. The van der Waals surface area contributed by atoms with E-state index in [-0.39, 0.29) is 0 Å². The molecule has 1 aliphatic heterocycles. The lowest BCUT2D eigenvalue weighted by Crippen LogP contribution is -2.42. The second-order valence-corrected chi connectivity index (χ2v) is 7.39. The molecule has 1 radical (unpaired) electrons. The van der Waals surface area contributed by atoms with Crippen molar-refractivity contribution in [3.63, 3.8) is 0 Å². The zero-order chi connectivity index (χ0) is 15.8. The quantitative estimate of drug-likeness (QED) is 0.669. The molecule has 1 aliphatic rings. The van der Waals surface area contributed by atoms with E-state index in [9.17, 15) is 4.79 Å². The molecule has 2 rings (SSSR count). The lowest BCUT2D eigenvalue weighted by atomic mass is 9.71. The average molecular weight is 300 g/mol. The average Bonchev–Trinajstić information content (AvgIpc) is 2.52. The van der Waals surface area contributed by atoms with Crippen LogP contribution in [0.1, 0.15) is 51.5 Å². The Labute approximate surface area is 135 Å². The second-order valence-electron chi connectivity index (χ2n) is 7.39. The molecule has 1 fully saturated rings. The molecule has 1 aromatic rings. The number of piperidine rings is 1. The molecule has 1 unspecified atom stereocenters. The molecule has 0 aliphatic carbocycles. The molecule has 1 heterocycles. The summed E-state index contributed by atoms with van der Waals surface area (Å²) >= 11 is 0. The Morgan fingerprint density at radius 3 is 2.73 bits per heavy atom. The third kappa shape index (κ3) is 5.24. The van der Waals surface area contributed by atoms with Crippen LogP contribution < -0.4 is 0 Å². The minimum atomic E-state index is 0.344. The van der Waals surface area contributed by atoms with Crippen molar-refractivity contribution in [3.8, 4) is 0 Å². The normalized spacial score (nSPS) is 20.0. The van der Waals surface area contributed by atoms with Crippen LogP contribution in [0.5, 0.6) is 0 Å². The van der Waals surface area contributed by atoms with Crippen molar-refractivity contribution in [2.45, 2.75) is 52.4 Å². The molecule has 1 aromatic carbocycles. The van der Waals surface area contributed by atoms with E-state index in [0.717, 1.165) is 31.7 Å². The Kier molecular flexibility index (Phi) is 6.63. The topological polar surface area (TPSA) is 20.3 Å². The summed E-state index contributed by atoms with van der Waals surface area (Å²) in [5.41, 5.74) is 1.79. The summed E-state index contributed by atoms with van der Waals surface area (Å²) < 4.78 is 0. The third-order valence-electron chi connectivity index (χ3n) is 5.12. The zero-order valence-electron chi connectivity index (χ0n) is 14.2. The highest BCUT2D eigenvalue weighted by molar-refractivity contribution is 5.50. The monoisotopic (exact) mass is 300 g/mol. The molecule has 0 amide bonds. The molecule has 0 aromatic heterocycles. The first kappa shape index (κ1) is 17.2. The van der Waals surface area contributed by atoms with Gasteiger partial charge < -0.3 is 4.90 Å². The molecule has 0 saturated carbocycles. The van der Waals surface area contributed by atoms with Gasteiger partial charge in [-0.2, -0.15) is 0 Å². The van der Waals surface area contributed by atoms with E-state index in [1.807, 2.05) is 6.29 Å². The van der Waals surface area contributed by atoms with Crippen molar-refractivity contribution in [2.24, 2.45) is 11.3 Å². The smallest absolute Gasteiger partial charge is 0.198 e. The van der Waals surface area contributed by atoms with E-state index in [0.29, 0.717) is 11.8 Å². The van der Waals surface area contributed by atoms with Crippen LogP contribution in [0.3, 0.4) is 0 Å². The number of benzene rings is 1. The van der Waals surface area contributed by atoms with Gasteiger partial charge >= 0.3 is 0 Å². The van der Waals surface area contributed by atoms with Crippen molar-refractivity contribution in [1.82, 2.24) is 4.90 Å². The van der Waals surface area contributed by atoms with Crippen LogP contribution in [0.4, 0.5) is 0 Å². The van der Waals surface area contributed by atoms with E-state index in [2.05, 4.69) is 49.1 Å². The van der Waals surface area contributed by atoms with Crippen LogP contribution in [0.15, 0.2) is 30.3 Å². The molecule has 2 nitrogen and oxygen atoms in total. The highest BCUT2D eigenvalue weighted by Gasteiger charge is 2.33. The van der Waals surface area contributed by atoms with Gasteiger partial charge in [0.2, 0.25) is 0 Å². The Morgan fingerprint density at radius 1 is 1.23 bits per heavy atom. The summed E-state index contributed by atoms with van der Waals surface area (Å²) in [5.74, 6) is 0.763. The SMILES string of the molecule is CC(C)(Cc1ccccc1)C1CCCN(CCCC[C]=O)C1. The maximum atomic E-state index is 10.3. The molecule has 1 saturated heterocycles. The Balaban J connectivity index is 1.85. The molecule has 0 bridgehead atoms. The summed E-state index contributed by atoms with van der Waals surface area (Å²) in [7, 11) is 0. The highest BCUT2D eigenvalue weighted by Crippen LogP contribution is 2.36. The van der Waals surface area contributed by atoms with E-state index in [1.165, 1.54) is 31.5 Å². The van der Waals surface area contributed by atoms with Crippen molar-refractivity contribution >= 4 is 6.29 Å². The fourth-order valence-electron chi connectivity index (χ4n) is 3.70. The number of carbonyl (C=O) groups excluding carboxylic acids is 1. The fraction of sp³-hybridized carbons (Fsp3) is 0.650. The lowest BCUT2D eigenvalue weighted by molar-refractivity contribution is 0.0867. The van der Waals surface area contributed by atoms with Gasteiger partial charge in [-0.05, 0) is 62.1 Å². The number of unbranched alkanes of at least 4 members (excludes halogenated alkanes) is 2. The standard InChI is InChI=1S/C20H30NO/c1-20(2,16-18-10-5-3-6-11-18)19-12-9-14-21(17-19)13-7-4-8-15-22/h3,5-6,10-11,19H,4,7-9,12-14,16-17H2,1-2H3. The number of rotatable bonds is 8. The maximum absolute atomic E-state index is 10.3. The molecule has 1 atom stereocenters. The summed E-state index contributed by atoms with van der Waals surface area (Å²) in [6, 6.07) is 10.9. The van der Waals surface area contributed by atoms with Crippen LogP contribution >= 0.6 is 0 Å². The molecular formula is C20H30NO. The first-order valence-corrected chi connectivity index (χ1v) is 8.73. The summed E-state index contributed by atoms with van der Waals surface area (Å²) in [5, 5.41) is 0. The Morgan fingerprint density at radius 2 is 2.00 bits per heavy atom. The summed E-state index contributed by atoms with van der Waals surface area (Å²) in [6.45, 7) is 8.43. The van der Waals surface area contributed by atoms with Gasteiger partial charge in [0.05, 0.1) is 0 Å². The van der Waals surface area contributed by atoms with Gasteiger partial charge in [-0.3, -0.25) is 4.79 Å². The van der Waals surface area contributed by atoms with Crippen LogP contribution in [0, 0.1) is 11.3 Å². The number of hydrogen-bond donors (Lipinski definition) is 0. The van der Waals surface area contributed by atoms with Gasteiger partial charge in [-0.15, -0.1) is 0 Å². The Hall–Kier alpha value is -1.15. The number of hydrogen-bond acceptors (Lipinski definition) is 2. The van der Waals surface area contributed by atoms with Gasteiger partial charge in [0.1, 0.15) is 0 Å². The van der Waals surface area contributed by atoms with Crippen LogP contribution in [0.25, 0.3) is 0 Å². The molecular weight excluding hydrogens is 270 g/mol. The van der Waals surface area contributed by atoms with E-state index in [4.69, 9.17) is 0 Å². The number of likely N-dealkylation sites (tertiary alicyclic amines) is 1. The van der Waals surface area contributed by atoms with Crippen LogP contribution in [0.2, 0.25) is 0 Å². The van der Waals surface area contributed by atoms with Crippen LogP contribution in [-0.4, -0.2) is 30.8 Å². The van der Waals surface area contributed by atoms with E-state index in [1.54, 1.807) is 0 Å². The zero-order valence-corrected chi connectivity index (χ0v) is 14.2. The molecule has 2 heteroatoms. The number of nitrogens with zero attached hydrogens (tertiary/aromatic N) is 1. The maximum Gasteiger partial charge on any atom is 0.198 e. The molecule has 0 spiro atoms. The van der Waals surface area contributed by atoms with Gasteiger partial charge in [0, 0.05) is 13.0 Å². The van der Waals surface area contributed by atoms with Gasteiger partial charge in [0.15, 0.2) is 6.29 Å². The van der Waals surface area contributed by atoms with Crippen molar-refractivity contribution in [3.05, 3.63) is 35.9 Å². The van der Waals surface area contributed by atoms with Crippen molar-refractivity contribution in [2.75, 3.05) is 19.6 Å². The minimum absolute atomic E-state index is 0.344. The van der Waals surface area contributed by atoms with Gasteiger partial charge in [0.25, 0.3) is 0 Å². The first-order chi connectivity index (χ1) is 10.6. The fourth-order valence-corrected chi connectivity index (χ4v) is 3.70. The predicted molar refractivity (Wildman–Crippen MR) is 92.6 cm³/mol. The summed E-state index contributed by atoms with van der Waals surface area (Å²) in [4.78, 5) is 12.9. The molecule has 22 heavy (non-hydrogen) atoms. The van der Waals surface area contributed by atoms with Crippen molar-refractivity contribution in [1.29, 1.82) is 0 Å². The minimum Gasteiger partial charge on any atom is -0.303 e. The van der Waals surface area contributed by atoms with Crippen molar-refractivity contribution < 1.29 is 4.79 Å². The van der Waals surface area contributed by atoms with Crippen LogP contribution in [-0.2, 0) is 11.2 Å².